The number of amides is 2. The maximum Gasteiger partial charge on any atom is 0.255 e. The van der Waals surface area contributed by atoms with Gasteiger partial charge in [0.2, 0.25) is 0 Å². The highest BCUT2D eigenvalue weighted by atomic mass is 16.5. The number of hydrogen-bond donors (Lipinski definition) is 2. The molecule has 0 unspecified atom stereocenters. The zero-order valence-electron chi connectivity index (χ0n) is 16.8. The Hall–Kier alpha value is -3.64. The number of carbonyl (C=O) groups excluding carboxylic acids is 2. The van der Waals surface area contributed by atoms with Crippen LogP contribution in [0.4, 0.5) is 11.4 Å². The van der Waals surface area contributed by atoms with E-state index in [-0.39, 0.29) is 11.8 Å². The first-order chi connectivity index (χ1) is 14.7. The second kappa shape index (κ2) is 10.8. The first kappa shape index (κ1) is 21.1. The Bertz CT molecular complexity index is 989. The Balaban J connectivity index is 1.63. The summed E-state index contributed by atoms with van der Waals surface area (Å²) in [6.45, 7) is 3.46. The third kappa shape index (κ3) is 6.18. The number of ether oxygens (including phenoxy) is 2. The van der Waals surface area contributed by atoms with Crippen molar-refractivity contribution in [2.24, 2.45) is 0 Å². The highest BCUT2D eigenvalue weighted by Gasteiger charge is 2.10. The van der Waals surface area contributed by atoms with Crippen LogP contribution in [0.2, 0.25) is 0 Å². The monoisotopic (exact) mass is 404 g/mol. The molecule has 0 saturated heterocycles. The molecular formula is C24H24N2O4. The van der Waals surface area contributed by atoms with Crippen molar-refractivity contribution in [2.45, 2.75) is 6.92 Å². The Kier molecular flexibility index (Phi) is 7.58. The molecule has 0 aliphatic rings. The molecule has 3 rings (SSSR count). The third-order valence-electron chi connectivity index (χ3n) is 4.21. The average Bonchev–Trinajstić information content (AvgIpc) is 2.78. The van der Waals surface area contributed by atoms with Crippen LogP contribution >= 0.6 is 0 Å². The van der Waals surface area contributed by atoms with Crippen molar-refractivity contribution in [3.05, 3.63) is 90.0 Å². The van der Waals surface area contributed by atoms with E-state index in [4.69, 9.17) is 9.47 Å². The molecule has 3 aromatic carbocycles. The Morgan fingerprint density at radius 1 is 0.733 bits per heavy atom. The van der Waals surface area contributed by atoms with Crippen molar-refractivity contribution in [1.82, 2.24) is 0 Å². The molecule has 0 spiro atoms. The largest absolute Gasteiger partial charge is 0.491 e. The summed E-state index contributed by atoms with van der Waals surface area (Å²) in [5.74, 6) is 0.0613. The van der Waals surface area contributed by atoms with Crippen LogP contribution in [0.25, 0.3) is 0 Å². The number of rotatable bonds is 9. The third-order valence-corrected chi connectivity index (χ3v) is 4.21. The average molecular weight is 404 g/mol. The van der Waals surface area contributed by atoms with Gasteiger partial charge in [-0.25, -0.2) is 0 Å². The smallest absolute Gasteiger partial charge is 0.255 e. The molecule has 0 fully saturated rings. The van der Waals surface area contributed by atoms with Gasteiger partial charge in [0.1, 0.15) is 12.4 Å². The van der Waals surface area contributed by atoms with Crippen LogP contribution in [0.3, 0.4) is 0 Å². The van der Waals surface area contributed by atoms with Crippen molar-refractivity contribution < 1.29 is 19.1 Å². The maximum atomic E-state index is 12.6. The van der Waals surface area contributed by atoms with Gasteiger partial charge in [0.15, 0.2) is 0 Å². The van der Waals surface area contributed by atoms with Crippen molar-refractivity contribution in [3.63, 3.8) is 0 Å². The van der Waals surface area contributed by atoms with E-state index < -0.39 is 0 Å². The van der Waals surface area contributed by atoms with E-state index >= 15 is 0 Å². The normalized spacial score (nSPS) is 10.3. The van der Waals surface area contributed by atoms with Crippen LogP contribution in [-0.4, -0.2) is 31.6 Å². The minimum Gasteiger partial charge on any atom is -0.491 e. The number of hydrogen-bond acceptors (Lipinski definition) is 4. The van der Waals surface area contributed by atoms with Crippen LogP contribution in [-0.2, 0) is 4.74 Å². The molecule has 2 amide bonds. The van der Waals surface area contributed by atoms with Crippen LogP contribution in [0.15, 0.2) is 78.9 Å². The summed E-state index contributed by atoms with van der Waals surface area (Å²) < 4.78 is 10.8. The predicted molar refractivity (Wildman–Crippen MR) is 117 cm³/mol. The zero-order chi connectivity index (χ0) is 21.2. The van der Waals surface area contributed by atoms with Gasteiger partial charge in [-0.3, -0.25) is 9.59 Å². The number of carbonyl (C=O) groups is 2. The van der Waals surface area contributed by atoms with Crippen molar-refractivity contribution in [2.75, 3.05) is 30.5 Å². The molecule has 0 heterocycles. The zero-order valence-corrected chi connectivity index (χ0v) is 16.8. The number of nitrogens with one attached hydrogen (secondary N) is 2. The highest BCUT2D eigenvalue weighted by molar-refractivity contribution is 6.07. The quantitative estimate of drug-likeness (QED) is 0.511. The summed E-state index contributed by atoms with van der Waals surface area (Å²) in [7, 11) is 0. The standard InChI is InChI=1S/C24H24N2O4/c1-2-29-14-15-30-22-13-7-9-19(17-22)24(28)26-21-12-6-8-18(16-21)23(27)25-20-10-4-3-5-11-20/h3-13,16-17H,2,14-15H2,1H3,(H,25,27)(H,26,28). The summed E-state index contributed by atoms with van der Waals surface area (Å²) in [5.41, 5.74) is 2.15. The van der Waals surface area contributed by atoms with Crippen LogP contribution in [0.1, 0.15) is 27.6 Å². The van der Waals surface area contributed by atoms with Crippen LogP contribution in [0.5, 0.6) is 5.75 Å². The molecule has 0 aromatic heterocycles. The van der Waals surface area contributed by atoms with E-state index in [0.717, 1.165) is 0 Å². The lowest BCUT2D eigenvalue weighted by atomic mass is 10.1. The van der Waals surface area contributed by atoms with E-state index in [1.807, 2.05) is 37.3 Å². The summed E-state index contributed by atoms with van der Waals surface area (Å²) in [5, 5.41) is 5.65. The fourth-order valence-corrected chi connectivity index (χ4v) is 2.76. The van der Waals surface area contributed by atoms with E-state index in [1.54, 1.807) is 48.5 Å². The molecular weight excluding hydrogens is 380 g/mol. The summed E-state index contributed by atoms with van der Waals surface area (Å²) >= 11 is 0. The Morgan fingerprint density at radius 2 is 1.37 bits per heavy atom. The molecule has 3 aromatic rings. The summed E-state index contributed by atoms with van der Waals surface area (Å²) in [6.07, 6.45) is 0. The van der Waals surface area contributed by atoms with Crippen LogP contribution in [0, 0.1) is 0 Å². The van der Waals surface area contributed by atoms with E-state index in [1.165, 1.54) is 0 Å². The fourth-order valence-electron chi connectivity index (χ4n) is 2.76. The van der Waals surface area contributed by atoms with Gasteiger partial charge in [-0.1, -0.05) is 30.3 Å². The van der Waals surface area contributed by atoms with E-state index in [2.05, 4.69) is 10.6 Å². The molecule has 0 aliphatic carbocycles. The molecule has 0 saturated carbocycles. The SMILES string of the molecule is CCOCCOc1cccc(C(=O)Nc2cccc(C(=O)Nc3ccccc3)c2)c1. The van der Waals surface area contributed by atoms with Crippen molar-refractivity contribution in [3.8, 4) is 5.75 Å². The Labute approximate surface area is 175 Å². The summed E-state index contributed by atoms with van der Waals surface area (Å²) in [6, 6.07) is 22.9. The molecule has 154 valence electrons. The predicted octanol–water partition coefficient (Wildman–Crippen LogP) is 4.61. The second-order valence-electron chi connectivity index (χ2n) is 6.43. The van der Waals surface area contributed by atoms with Gasteiger partial charge in [-0.05, 0) is 55.5 Å². The molecule has 0 atom stereocenters. The van der Waals surface area contributed by atoms with Gasteiger partial charge in [-0.15, -0.1) is 0 Å². The minimum absolute atomic E-state index is 0.248. The van der Waals surface area contributed by atoms with Crippen LogP contribution < -0.4 is 15.4 Å². The van der Waals surface area contributed by atoms with E-state index in [0.29, 0.717) is 48.1 Å². The lowest BCUT2D eigenvalue weighted by molar-refractivity contribution is 0.101. The van der Waals surface area contributed by atoms with Gasteiger partial charge in [0, 0.05) is 29.1 Å². The van der Waals surface area contributed by atoms with Gasteiger partial charge < -0.3 is 20.1 Å². The molecule has 6 heteroatoms. The first-order valence-corrected chi connectivity index (χ1v) is 9.74. The number of benzene rings is 3. The molecule has 30 heavy (non-hydrogen) atoms. The summed E-state index contributed by atoms with van der Waals surface area (Å²) in [4.78, 5) is 25.1. The molecule has 2 N–H and O–H groups in total. The number of para-hydroxylation sites is 1. The topological polar surface area (TPSA) is 76.7 Å². The molecule has 6 nitrogen and oxygen atoms in total. The molecule has 0 bridgehead atoms. The lowest BCUT2D eigenvalue weighted by Gasteiger charge is -2.10. The highest BCUT2D eigenvalue weighted by Crippen LogP contribution is 2.17. The first-order valence-electron chi connectivity index (χ1n) is 9.74. The van der Waals surface area contributed by atoms with Crippen molar-refractivity contribution >= 4 is 23.2 Å². The maximum absolute atomic E-state index is 12.6. The van der Waals surface area contributed by atoms with Gasteiger partial charge in [0.25, 0.3) is 11.8 Å². The Morgan fingerprint density at radius 3 is 2.10 bits per heavy atom. The van der Waals surface area contributed by atoms with Gasteiger partial charge in [0.05, 0.1) is 6.61 Å². The van der Waals surface area contributed by atoms with Gasteiger partial charge >= 0.3 is 0 Å². The number of anilines is 2. The van der Waals surface area contributed by atoms with E-state index in [9.17, 15) is 9.59 Å². The lowest BCUT2D eigenvalue weighted by Crippen LogP contribution is -2.15. The molecule has 0 radical (unpaired) electrons. The van der Waals surface area contributed by atoms with Crippen molar-refractivity contribution in [1.29, 1.82) is 0 Å². The minimum atomic E-state index is -0.286. The van der Waals surface area contributed by atoms with Gasteiger partial charge in [-0.2, -0.15) is 0 Å². The second-order valence-corrected chi connectivity index (χ2v) is 6.43. The fraction of sp³-hybridized carbons (Fsp3) is 0.167. The molecule has 0 aliphatic heterocycles.